The molecule has 0 unspecified atom stereocenters. The molecule has 1 rings (SSSR count). The summed E-state index contributed by atoms with van der Waals surface area (Å²) in [5.74, 6) is 0.0402. The minimum atomic E-state index is -0.501. The van der Waals surface area contributed by atoms with Crippen molar-refractivity contribution in [2.24, 2.45) is 11.5 Å². The Kier molecular flexibility index (Phi) is 6.97. The van der Waals surface area contributed by atoms with Crippen LogP contribution in [0.15, 0.2) is 0 Å². The van der Waals surface area contributed by atoms with E-state index in [-0.39, 0.29) is 11.6 Å². The van der Waals surface area contributed by atoms with Gasteiger partial charge < -0.3 is 21.5 Å². The molecule has 0 bridgehead atoms. The van der Waals surface area contributed by atoms with Gasteiger partial charge in [-0.15, -0.1) is 5.10 Å². The molecule has 1 aromatic heterocycles. The van der Waals surface area contributed by atoms with Gasteiger partial charge in [0, 0.05) is 6.54 Å². The zero-order chi connectivity index (χ0) is 15.8. The van der Waals surface area contributed by atoms with Crippen LogP contribution in [-0.4, -0.2) is 40.9 Å². The predicted molar refractivity (Wildman–Crippen MR) is 85.2 cm³/mol. The van der Waals surface area contributed by atoms with Gasteiger partial charge in [0.15, 0.2) is 5.82 Å². The Morgan fingerprint density at radius 3 is 2.52 bits per heavy atom. The van der Waals surface area contributed by atoms with Gasteiger partial charge >= 0.3 is 0 Å². The summed E-state index contributed by atoms with van der Waals surface area (Å²) in [7, 11) is 0. The van der Waals surface area contributed by atoms with E-state index in [0.29, 0.717) is 19.0 Å². The van der Waals surface area contributed by atoms with Crippen LogP contribution in [0.4, 0.5) is 5.82 Å². The Labute approximate surface area is 129 Å². The Bertz CT molecular complexity index is 522. The van der Waals surface area contributed by atoms with Gasteiger partial charge in [-0.2, -0.15) is 5.10 Å². The molecule has 0 saturated carbocycles. The molecule has 1 aromatic rings. The molecular formula is C13H21N5O2S. The highest BCUT2D eigenvalue weighted by atomic mass is 32.1. The number of ether oxygens (including phenoxy) is 1. The summed E-state index contributed by atoms with van der Waals surface area (Å²) in [4.78, 5) is 10.8. The minimum Gasteiger partial charge on any atom is -0.389 e. The first-order chi connectivity index (χ1) is 10.0. The van der Waals surface area contributed by atoms with Crippen LogP contribution >= 0.6 is 12.2 Å². The highest BCUT2D eigenvalue weighted by Crippen LogP contribution is 2.20. The molecule has 5 N–H and O–H groups in total. The Morgan fingerprint density at radius 1 is 1.29 bits per heavy atom. The molecule has 0 fully saturated rings. The number of amides is 1. The second-order valence-corrected chi connectivity index (χ2v) is 4.81. The van der Waals surface area contributed by atoms with Crippen molar-refractivity contribution in [1.29, 1.82) is 0 Å². The number of hydrogen-bond acceptors (Lipinski definition) is 6. The monoisotopic (exact) mass is 311 g/mol. The van der Waals surface area contributed by atoms with Crippen molar-refractivity contribution in [1.82, 2.24) is 10.2 Å². The number of anilines is 1. The molecule has 0 aliphatic rings. The second-order valence-electron chi connectivity index (χ2n) is 4.37. The molecule has 1 amide bonds. The van der Waals surface area contributed by atoms with E-state index in [1.165, 1.54) is 0 Å². The summed E-state index contributed by atoms with van der Waals surface area (Å²) in [6, 6.07) is 0. The van der Waals surface area contributed by atoms with Crippen molar-refractivity contribution in [3.05, 3.63) is 16.8 Å². The van der Waals surface area contributed by atoms with Crippen LogP contribution in [0.1, 0.15) is 30.7 Å². The highest BCUT2D eigenvalue weighted by Gasteiger charge is 2.16. The number of nitrogens with one attached hydrogen (secondary N) is 1. The Morgan fingerprint density at radius 2 is 2.00 bits per heavy atom. The van der Waals surface area contributed by atoms with E-state index in [2.05, 4.69) is 15.5 Å². The van der Waals surface area contributed by atoms with Gasteiger partial charge in [0.2, 0.25) is 5.91 Å². The number of thiocarbonyl (C=S) groups is 1. The fraction of sp³-hybridized carbons (Fsp3) is 0.538. The van der Waals surface area contributed by atoms with E-state index in [4.69, 9.17) is 28.4 Å². The van der Waals surface area contributed by atoms with Crippen LogP contribution < -0.4 is 16.8 Å². The molecule has 1 heterocycles. The van der Waals surface area contributed by atoms with E-state index >= 15 is 0 Å². The summed E-state index contributed by atoms with van der Waals surface area (Å²) in [6.07, 6.45) is 1.55. The number of carbonyl (C=O) groups excluding carboxylic acids is 1. The van der Waals surface area contributed by atoms with Gasteiger partial charge in [-0.25, -0.2) is 0 Å². The number of carbonyl (C=O) groups is 1. The van der Waals surface area contributed by atoms with E-state index in [0.717, 1.165) is 29.7 Å². The maximum atomic E-state index is 10.6. The van der Waals surface area contributed by atoms with Crippen LogP contribution in [0.2, 0.25) is 0 Å². The van der Waals surface area contributed by atoms with Gasteiger partial charge in [0.1, 0.15) is 11.6 Å². The highest BCUT2D eigenvalue weighted by molar-refractivity contribution is 7.80. The van der Waals surface area contributed by atoms with Crippen LogP contribution in [-0.2, 0) is 22.4 Å². The van der Waals surface area contributed by atoms with Gasteiger partial charge in [0.25, 0.3) is 0 Å². The maximum absolute atomic E-state index is 10.6. The maximum Gasteiger partial charge on any atom is 0.243 e. The average Bonchev–Trinajstić information content (AvgIpc) is 2.45. The molecular weight excluding hydrogens is 290 g/mol. The van der Waals surface area contributed by atoms with Crippen LogP contribution in [0, 0.1) is 0 Å². The lowest BCUT2D eigenvalue weighted by molar-refractivity contribution is -0.122. The lowest BCUT2D eigenvalue weighted by Crippen LogP contribution is -2.23. The van der Waals surface area contributed by atoms with Crippen molar-refractivity contribution in [3.8, 4) is 0 Å². The van der Waals surface area contributed by atoms with Crippen molar-refractivity contribution in [2.45, 2.75) is 26.7 Å². The largest absolute Gasteiger partial charge is 0.389 e. The zero-order valence-corrected chi connectivity index (χ0v) is 13.1. The number of primary amides is 1. The minimum absolute atomic E-state index is 0.107. The lowest BCUT2D eigenvalue weighted by atomic mass is 10.0. The molecule has 8 heteroatoms. The Hall–Kier alpha value is -1.80. The molecule has 0 spiro atoms. The number of hydrogen-bond donors (Lipinski definition) is 3. The third kappa shape index (κ3) is 4.91. The molecule has 116 valence electrons. The van der Waals surface area contributed by atoms with Gasteiger partial charge in [-0.05, 0) is 18.4 Å². The lowest BCUT2D eigenvalue weighted by Gasteiger charge is -2.15. The van der Waals surface area contributed by atoms with E-state index < -0.39 is 5.91 Å². The number of nitrogens with zero attached hydrogens (tertiary/aromatic N) is 2. The summed E-state index contributed by atoms with van der Waals surface area (Å²) in [5, 5.41) is 11.4. The van der Waals surface area contributed by atoms with Crippen molar-refractivity contribution in [2.75, 3.05) is 25.1 Å². The second kappa shape index (κ2) is 8.48. The van der Waals surface area contributed by atoms with Crippen molar-refractivity contribution >= 4 is 28.9 Å². The number of aromatic nitrogens is 2. The number of rotatable bonds is 9. The predicted octanol–water partition coefficient (Wildman–Crippen LogP) is 0.149. The van der Waals surface area contributed by atoms with E-state index in [1.54, 1.807) is 0 Å². The quantitative estimate of drug-likeness (QED) is 0.439. The molecule has 7 nitrogen and oxygen atoms in total. The SMILES string of the molecule is CCc1nnc(NCCOCC(N)=O)c(C(N)=S)c1CC. The molecule has 0 saturated heterocycles. The van der Waals surface area contributed by atoms with Crippen LogP contribution in [0.5, 0.6) is 0 Å². The molecule has 0 aromatic carbocycles. The third-order valence-electron chi connectivity index (χ3n) is 2.88. The topological polar surface area (TPSA) is 116 Å². The van der Waals surface area contributed by atoms with E-state index in [1.807, 2.05) is 13.8 Å². The summed E-state index contributed by atoms with van der Waals surface area (Å²) >= 11 is 5.12. The first-order valence-corrected chi connectivity index (χ1v) is 7.20. The van der Waals surface area contributed by atoms with Gasteiger partial charge in [-0.3, -0.25) is 4.79 Å². The first-order valence-electron chi connectivity index (χ1n) is 6.79. The fourth-order valence-electron chi connectivity index (χ4n) is 1.98. The first kappa shape index (κ1) is 17.3. The van der Waals surface area contributed by atoms with Gasteiger partial charge in [0.05, 0.1) is 17.9 Å². The molecule has 0 aliphatic heterocycles. The third-order valence-corrected chi connectivity index (χ3v) is 3.08. The van der Waals surface area contributed by atoms with Crippen LogP contribution in [0.3, 0.4) is 0 Å². The molecule has 0 atom stereocenters. The smallest absolute Gasteiger partial charge is 0.243 e. The van der Waals surface area contributed by atoms with Crippen molar-refractivity contribution < 1.29 is 9.53 Å². The average molecular weight is 311 g/mol. The zero-order valence-electron chi connectivity index (χ0n) is 12.3. The number of nitrogens with two attached hydrogens (primary N) is 2. The summed E-state index contributed by atoms with van der Waals surface area (Å²) in [6.45, 7) is 4.70. The normalized spacial score (nSPS) is 10.4. The standard InChI is InChI=1S/C13H21N5O2S/c1-3-8-9(4-2)17-18-13(11(8)12(15)21)16-5-6-20-7-10(14)19/h3-7H2,1-2H3,(H2,14,19)(H2,15,21)(H,16,18). The molecule has 0 radical (unpaired) electrons. The Balaban J connectivity index is 2.82. The summed E-state index contributed by atoms with van der Waals surface area (Å²) < 4.78 is 5.07. The molecule has 0 aliphatic carbocycles. The fourth-order valence-corrected chi connectivity index (χ4v) is 2.20. The number of aryl methyl sites for hydroxylation is 1. The van der Waals surface area contributed by atoms with Crippen molar-refractivity contribution in [3.63, 3.8) is 0 Å². The summed E-state index contributed by atoms with van der Waals surface area (Å²) in [5.41, 5.74) is 13.4. The van der Waals surface area contributed by atoms with Crippen LogP contribution in [0.25, 0.3) is 0 Å². The van der Waals surface area contributed by atoms with Gasteiger partial charge in [-0.1, -0.05) is 26.1 Å². The van der Waals surface area contributed by atoms with E-state index in [9.17, 15) is 4.79 Å². The molecule has 21 heavy (non-hydrogen) atoms.